The van der Waals surface area contributed by atoms with Crippen LogP contribution >= 0.6 is 0 Å². The lowest BCUT2D eigenvalue weighted by Gasteiger charge is -2.37. The van der Waals surface area contributed by atoms with Crippen LogP contribution < -0.4 is 0 Å². The lowest BCUT2D eigenvalue weighted by molar-refractivity contribution is -0.281. The number of pyridine rings is 1. The van der Waals surface area contributed by atoms with Gasteiger partial charge in [0.05, 0.1) is 5.92 Å². The number of rotatable bonds is 8. The predicted octanol–water partition coefficient (Wildman–Crippen LogP) is -0.443. The molecule has 0 saturated carbocycles. The number of ether oxygens (including phenoxy) is 2. The summed E-state index contributed by atoms with van der Waals surface area (Å²) in [5, 5.41) is 39.1. The number of esters is 1. The average Bonchev–Trinajstić information content (AvgIpc) is 2.84. The van der Waals surface area contributed by atoms with E-state index in [-0.39, 0.29) is 12.5 Å². The number of hydrogen-bond acceptors (Lipinski definition) is 9. The van der Waals surface area contributed by atoms with Crippen LogP contribution in [0.2, 0.25) is 0 Å². The van der Waals surface area contributed by atoms with E-state index in [1.807, 2.05) is 6.92 Å². The SMILES string of the molecule is CCN(Cc1ccncc1)C(=O)C(COC(=O)[C@H]1O[C@@H](O)[C@H](O)[C@@H](O)[C@@H]1O)c1ccccc1. The highest BCUT2D eigenvalue weighted by atomic mass is 16.7. The van der Waals surface area contributed by atoms with E-state index < -0.39 is 42.6 Å². The molecule has 1 amide bonds. The summed E-state index contributed by atoms with van der Waals surface area (Å²) < 4.78 is 10.2. The molecule has 1 aromatic heterocycles. The summed E-state index contributed by atoms with van der Waals surface area (Å²) in [6.45, 7) is 2.25. The van der Waals surface area contributed by atoms with E-state index in [2.05, 4.69) is 4.98 Å². The lowest BCUT2D eigenvalue weighted by atomic mass is 9.97. The van der Waals surface area contributed by atoms with Crippen LogP contribution in [0, 0.1) is 0 Å². The third-order valence-corrected chi connectivity index (χ3v) is 5.53. The van der Waals surface area contributed by atoms with Crippen molar-refractivity contribution in [1.29, 1.82) is 0 Å². The van der Waals surface area contributed by atoms with Gasteiger partial charge in [0.2, 0.25) is 5.91 Å². The Bertz CT molecular complexity index is 913. The molecule has 0 radical (unpaired) electrons. The van der Waals surface area contributed by atoms with Crippen molar-refractivity contribution in [2.24, 2.45) is 0 Å². The monoisotopic (exact) mass is 460 g/mol. The highest BCUT2D eigenvalue weighted by Gasteiger charge is 2.47. The van der Waals surface area contributed by atoms with Crippen LogP contribution in [0.5, 0.6) is 0 Å². The third-order valence-electron chi connectivity index (χ3n) is 5.53. The number of amides is 1. The molecule has 33 heavy (non-hydrogen) atoms. The van der Waals surface area contributed by atoms with Gasteiger partial charge in [0, 0.05) is 25.5 Å². The number of carbonyl (C=O) groups is 2. The van der Waals surface area contributed by atoms with Gasteiger partial charge in [-0.3, -0.25) is 9.78 Å². The quantitative estimate of drug-likeness (QED) is 0.384. The largest absolute Gasteiger partial charge is 0.462 e. The van der Waals surface area contributed by atoms with Crippen LogP contribution in [-0.4, -0.2) is 86.0 Å². The van der Waals surface area contributed by atoms with Crippen molar-refractivity contribution in [2.75, 3.05) is 13.2 Å². The number of likely N-dealkylation sites (N-methyl/N-ethyl adjacent to an activating group) is 1. The highest BCUT2D eigenvalue weighted by molar-refractivity contribution is 5.84. The highest BCUT2D eigenvalue weighted by Crippen LogP contribution is 2.24. The van der Waals surface area contributed by atoms with E-state index in [0.29, 0.717) is 18.7 Å². The Morgan fingerprint density at radius 3 is 2.33 bits per heavy atom. The Balaban J connectivity index is 1.74. The fraction of sp³-hybridized carbons (Fsp3) is 0.435. The predicted molar refractivity (Wildman–Crippen MR) is 114 cm³/mol. The van der Waals surface area contributed by atoms with Crippen molar-refractivity contribution in [3.8, 4) is 0 Å². The molecular formula is C23H28N2O8. The maximum absolute atomic E-state index is 13.4. The first-order chi connectivity index (χ1) is 15.8. The summed E-state index contributed by atoms with van der Waals surface area (Å²) in [6, 6.07) is 12.4. The zero-order chi connectivity index (χ0) is 24.0. The van der Waals surface area contributed by atoms with Crippen LogP contribution in [0.4, 0.5) is 0 Å². The number of aliphatic hydroxyl groups is 4. The molecule has 1 aromatic carbocycles. The summed E-state index contributed by atoms with van der Waals surface area (Å²) in [4.78, 5) is 31.6. The van der Waals surface area contributed by atoms with Crippen LogP contribution in [0.15, 0.2) is 54.9 Å². The van der Waals surface area contributed by atoms with Crippen molar-refractivity contribution in [3.63, 3.8) is 0 Å². The standard InChI is InChI=1S/C23H28N2O8/c1-2-25(12-14-8-10-24-11-9-14)21(29)16(15-6-4-3-5-7-15)13-32-23(31)20-18(27)17(26)19(28)22(30)33-20/h3-11,16-20,22,26-28,30H,2,12-13H2,1H3/t16?,17-,18-,19+,20-,22+/m0/s1. The minimum absolute atomic E-state index is 0.270. The zero-order valence-electron chi connectivity index (χ0n) is 18.1. The number of aliphatic hydroxyl groups excluding tert-OH is 4. The van der Waals surface area contributed by atoms with Crippen molar-refractivity contribution in [3.05, 3.63) is 66.0 Å². The molecule has 0 spiro atoms. The van der Waals surface area contributed by atoms with Gasteiger partial charge in [-0.05, 0) is 30.2 Å². The molecule has 0 aliphatic carbocycles. The first kappa shape index (κ1) is 24.7. The fourth-order valence-corrected chi connectivity index (χ4v) is 3.57. The van der Waals surface area contributed by atoms with E-state index in [9.17, 15) is 30.0 Å². The van der Waals surface area contributed by atoms with Crippen LogP contribution in [0.3, 0.4) is 0 Å². The number of aromatic nitrogens is 1. The molecule has 178 valence electrons. The second kappa shape index (κ2) is 11.3. The number of carbonyl (C=O) groups excluding carboxylic acids is 2. The van der Waals surface area contributed by atoms with Gasteiger partial charge in [0.15, 0.2) is 12.4 Å². The van der Waals surface area contributed by atoms with E-state index in [1.165, 1.54) is 0 Å². The Hall–Kier alpha value is -2.89. The van der Waals surface area contributed by atoms with Gasteiger partial charge in [0.1, 0.15) is 24.9 Å². The summed E-state index contributed by atoms with van der Waals surface area (Å²) in [5.41, 5.74) is 1.52. The molecule has 4 N–H and O–H groups in total. The Labute approximate surface area is 191 Å². The van der Waals surface area contributed by atoms with Crippen LogP contribution in [0.25, 0.3) is 0 Å². The normalized spacial score (nSPS) is 25.8. The van der Waals surface area contributed by atoms with E-state index in [1.54, 1.807) is 59.8 Å². The lowest BCUT2D eigenvalue weighted by Crippen LogP contribution is -2.60. The van der Waals surface area contributed by atoms with Crippen molar-refractivity contribution < 1.29 is 39.5 Å². The van der Waals surface area contributed by atoms with Gasteiger partial charge in [-0.25, -0.2) is 4.79 Å². The molecule has 6 atom stereocenters. The molecule has 2 heterocycles. The minimum atomic E-state index is -1.87. The second-order valence-corrected chi connectivity index (χ2v) is 7.72. The second-order valence-electron chi connectivity index (χ2n) is 7.72. The number of nitrogens with zero attached hydrogens (tertiary/aromatic N) is 2. The van der Waals surface area contributed by atoms with E-state index in [0.717, 1.165) is 5.56 Å². The molecule has 1 unspecified atom stereocenters. The van der Waals surface area contributed by atoms with E-state index in [4.69, 9.17) is 9.47 Å². The zero-order valence-corrected chi connectivity index (χ0v) is 18.1. The van der Waals surface area contributed by atoms with Gasteiger partial charge in [-0.1, -0.05) is 30.3 Å². The number of benzene rings is 1. The molecule has 10 nitrogen and oxygen atoms in total. The summed E-state index contributed by atoms with van der Waals surface area (Å²) in [6.07, 6.45) is -5.69. The first-order valence-corrected chi connectivity index (χ1v) is 10.6. The molecular weight excluding hydrogens is 432 g/mol. The molecule has 1 fully saturated rings. The van der Waals surface area contributed by atoms with Gasteiger partial charge < -0.3 is 34.8 Å². The number of hydrogen-bond donors (Lipinski definition) is 4. The summed E-state index contributed by atoms with van der Waals surface area (Å²) in [5.74, 6) is -2.18. The van der Waals surface area contributed by atoms with Crippen molar-refractivity contribution in [2.45, 2.75) is 50.1 Å². The molecule has 1 saturated heterocycles. The first-order valence-electron chi connectivity index (χ1n) is 10.6. The molecule has 0 bridgehead atoms. The van der Waals surface area contributed by atoms with Gasteiger partial charge in [0.25, 0.3) is 0 Å². The van der Waals surface area contributed by atoms with Crippen LogP contribution in [-0.2, 0) is 25.6 Å². The van der Waals surface area contributed by atoms with Gasteiger partial charge in [-0.15, -0.1) is 0 Å². The Kier molecular flexibility index (Phi) is 8.48. The molecule has 2 aromatic rings. The fourth-order valence-electron chi connectivity index (χ4n) is 3.57. The topological polar surface area (TPSA) is 150 Å². The molecule has 1 aliphatic heterocycles. The smallest absolute Gasteiger partial charge is 0.338 e. The van der Waals surface area contributed by atoms with Crippen molar-refractivity contribution in [1.82, 2.24) is 9.88 Å². The summed E-state index contributed by atoms with van der Waals surface area (Å²) in [7, 11) is 0. The molecule has 3 rings (SSSR count). The van der Waals surface area contributed by atoms with Crippen LogP contribution in [0.1, 0.15) is 24.0 Å². The Morgan fingerprint density at radius 2 is 1.70 bits per heavy atom. The van der Waals surface area contributed by atoms with Gasteiger partial charge >= 0.3 is 5.97 Å². The summed E-state index contributed by atoms with van der Waals surface area (Å²) >= 11 is 0. The average molecular weight is 460 g/mol. The molecule has 10 heteroatoms. The minimum Gasteiger partial charge on any atom is -0.462 e. The maximum Gasteiger partial charge on any atom is 0.338 e. The van der Waals surface area contributed by atoms with Crippen molar-refractivity contribution >= 4 is 11.9 Å². The third kappa shape index (κ3) is 5.92. The maximum atomic E-state index is 13.4. The molecule has 1 aliphatic rings. The van der Waals surface area contributed by atoms with E-state index >= 15 is 0 Å². The Morgan fingerprint density at radius 1 is 1.03 bits per heavy atom. The van der Waals surface area contributed by atoms with Gasteiger partial charge in [-0.2, -0.15) is 0 Å².